The van der Waals surface area contributed by atoms with Crippen LogP contribution < -0.4 is 16.0 Å². The van der Waals surface area contributed by atoms with Crippen molar-refractivity contribution in [3.8, 4) is 0 Å². The summed E-state index contributed by atoms with van der Waals surface area (Å²) in [4.78, 5) is 29.9. The number of H-pyrrole nitrogens is 1. The number of sulfonamides is 1. The second kappa shape index (κ2) is 8.78. The van der Waals surface area contributed by atoms with Crippen LogP contribution in [0.4, 0.5) is 5.95 Å². The van der Waals surface area contributed by atoms with E-state index < -0.39 is 16.0 Å². The van der Waals surface area contributed by atoms with Crippen LogP contribution in [0.5, 0.6) is 0 Å². The monoisotopic (exact) mass is 394 g/mol. The van der Waals surface area contributed by atoms with Crippen LogP contribution in [0.25, 0.3) is 0 Å². The first-order chi connectivity index (χ1) is 12.7. The largest absolute Gasteiger partial charge is 0.462 e. The third-order valence-corrected chi connectivity index (χ3v) is 5.29. The lowest BCUT2D eigenvalue weighted by molar-refractivity contribution is 0.0526. The second-order valence-corrected chi connectivity index (χ2v) is 7.53. The van der Waals surface area contributed by atoms with Crippen LogP contribution >= 0.6 is 0 Å². The molecule has 0 aliphatic rings. The van der Waals surface area contributed by atoms with E-state index in [0.717, 1.165) is 0 Å². The molecule has 10 heteroatoms. The summed E-state index contributed by atoms with van der Waals surface area (Å²) in [5.74, 6) is -0.458. The number of aryl methyl sites for hydroxylation is 1. The van der Waals surface area contributed by atoms with Gasteiger partial charge in [-0.2, -0.15) is 0 Å². The summed E-state index contributed by atoms with van der Waals surface area (Å²) in [6.45, 7) is 3.75. The smallest absolute Gasteiger partial charge is 0.338 e. The van der Waals surface area contributed by atoms with Gasteiger partial charge in [0, 0.05) is 17.8 Å². The predicted octanol–water partition coefficient (Wildman–Crippen LogP) is 0.748. The first-order valence-corrected chi connectivity index (χ1v) is 9.85. The standard InChI is InChI=1S/C17H22N4O5S/c1-3-26-16(23)12-6-8-13(9-7-12)27(24,25)19-10-4-5-14-11(2)20-17(18)21-15(14)22/h6-9,19H,3-5,10H2,1-2H3,(H3,18,20,21,22). The molecule has 0 spiro atoms. The minimum Gasteiger partial charge on any atom is -0.462 e. The number of nitrogens with zero attached hydrogens (tertiary/aromatic N) is 1. The number of benzene rings is 1. The molecule has 0 aliphatic carbocycles. The number of carbonyl (C=O) groups is 1. The first kappa shape index (κ1) is 20.6. The van der Waals surface area contributed by atoms with E-state index in [-0.39, 0.29) is 35.1 Å². The summed E-state index contributed by atoms with van der Waals surface area (Å²) in [6.07, 6.45) is 0.772. The Balaban J connectivity index is 1.95. The van der Waals surface area contributed by atoms with E-state index in [1.54, 1.807) is 13.8 Å². The fourth-order valence-corrected chi connectivity index (χ4v) is 3.54. The van der Waals surface area contributed by atoms with Gasteiger partial charge in [0.25, 0.3) is 5.56 Å². The molecular formula is C17H22N4O5S. The fourth-order valence-electron chi connectivity index (χ4n) is 2.47. The van der Waals surface area contributed by atoms with Crippen LogP contribution in [0.3, 0.4) is 0 Å². The number of aromatic nitrogens is 2. The van der Waals surface area contributed by atoms with Crippen molar-refractivity contribution in [3.63, 3.8) is 0 Å². The lowest BCUT2D eigenvalue weighted by Gasteiger charge is -2.08. The average molecular weight is 394 g/mol. The van der Waals surface area contributed by atoms with E-state index in [1.807, 2.05) is 0 Å². The van der Waals surface area contributed by atoms with Crippen molar-refractivity contribution in [3.05, 3.63) is 51.4 Å². The fraction of sp³-hybridized carbons (Fsp3) is 0.353. The molecule has 2 aromatic rings. The summed E-state index contributed by atoms with van der Waals surface area (Å²) < 4.78 is 31.9. The van der Waals surface area contributed by atoms with Gasteiger partial charge in [-0.3, -0.25) is 9.78 Å². The summed E-state index contributed by atoms with van der Waals surface area (Å²) in [5, 5.41) is 0. The third kappa shape index (κ3) is 5.38. The molecule has 1 heterocycles. The van der Waals surface area contributed by atoms with E-state index in [4.69, 9.17) is 10.5 Å². The molecule has 0 saturated carbocycles. The molecular weight excluding hydrogens is 372 g/mol. The zero-order chi connectivity index (χ0) is 20.0. The molecule has 1 aromatic heterocycles. The molecule has 0 saturated heterocycles. The Labute approximate surface area is 157 Å². The van der Waals surface area contributed by atoms with Gasteiger partial charge in [-0.15, -0.1) is 0 Å². The minimum absolute atomic E-state index is 0.0405. The van der Waals surface area contributed by atoms with Gasteiger partial charge in [0.2, 0.25) is 16.0 Å². The number of nitrogens with two attached hydrogens (primary N) is 1. The highest BCUT2D eigenvalue weighted by Gasteiger charge is 2.15. The van der Waals surface area contributed by atoms with Crippen molar-refractivity contribution < 1.29 is 17.9 Å². The number of nitrogens with one attached hydrogen (secondary N) is 2. The van der Waals surface area contributed by atoms with E-state index >= 15 is 0 Å². The number of esters is 1. The van der Waals surface area contributed by atoms with Crippen molar-refractivity contribution in [1.29, 1.82) is 0 Å². The van der Waals surface area contributed by atoms with Crippen LogP contribution in [-0.2, 0) is 21.2 Å². The number of rotatable bonds is 8. The van der Waals surface area contributed by atoms with Crippen LogP contribution in [0.15, 0.2) is 34.0 Å². The van der Waals surface area contributed by atoms with Gasteiger partial charge in [0.15, 0.2) is 0 Å². The average Bonchev–Trinajstić information content (AvgIpc) is 2.60. The molecule has 0 bridgehead atoms. The molecule has 0 radical (unpaired) electrons. The lowest BCUT2D eigenvalue weighted by atomic mass is 10.1. The Morgan fingerprint density at radius 3 is 2.56 bits per heavy atom. The van der Waals surface area contributed by atoms with Gasteiger partial charge in [0.1, 0.15) is 0 Å². The Morgan fingerprint density at radius 1 is 1.30 bits per heavy atom. The number of anilines is 1. The van der Waals surface area contributed by atoms with Gasteiger partial charge in [-0.1, -0.05) is 0 Å². The quantitative estimate of drug-likeness (QED) is 0.442. The second-order valence-electron chi connectivity index (χ2n) is 5.76. The van der Waals surface area contributed by atoms with E-state index in [1.165, 1.54) is 24.3 Å². The highest BCUT2D eigenvalue weighted by molar-refractivity contribution is 7.89. The van der Waals surface area contributed by atoms with Gasteiger partial charge in [-0.25, -0.2) is 22.9 Å². The first-order valence-electron chi connectivity index (χ1n) is 8.36. The minimum atomic E-state index is -3.72. The lowest BCUT2D eigenvalue weighted by Crippen LogP contribution is -2.26. The Bertz CT molecular complexity index is 968. The maximum Gasteiger partial charge on any atom is 0.338 e. The number of carbonyl (C=O) groups excluding carboxylic acids is 1. The highest BCUT2D eigenvalue weighted by Crippen LogP contribution is 2.12. The molecule has 0 fully saturated rings. The van der Waals surface area contributed by atoms with E-state index in [2.05, 4.69) is 14.7 Å². The maximum atomic E-state index is 12.3. The molecule has 2 rings (SSSR count). The third-order valence-electron chi connectivity index (χ3n) is 3.81. The van der Waals surface area contributed by atoms with Crippen LogP contribution in [0, 0.1) is 6.92 Å². The zero-order valence-corrected chi connectivity index (χ0v) is 15.9. The normalized spacial score (nSPS) is 11.3. The van der Waals surface area contributed by atoms with Crippen LogP contribution in [0.1, 0.15) is 35.0 Å². The summed E-state index contributed by atoms with van der Waals surface area (Å²) >= 11 is 0. The van der Waals surface area contributed by atoms with E-state index in [0.29, 0.717) is 24.1 Å². The Kier molecular flexibility index (Phi) is 6.70. The summed E-state index contributed by atoms with van der Waals surface area (Å²) in [5.41, 5.74) is 6.42. The molecule has 1 aromatic carbocycles. The number of aromatic amines is 1. The molecule has 27 heavy (non-hydrogen) atoms. The van der Waals surface area contributed by atoms with Crippen molar-refractivity contribution in [2.75, 3.05) is 18.9 Å². The predicted molar refractivity (Wildman–Crippen MR) is 99.9 cm³/mol. The SMILES string of the molecule is CCOC(=O)c1ccc(S(=O)(=O)NCCCc2c(C)nc(N)[nH]c2=O)cc1. The number of hydrogen-bond donors (Lipinski definition) is 3. The molecule has 0 amide bonds. The van der Waals surface area contributed by atoms with Gasteiger partial charge in [-0.05, 0) is 51.0 Å². The van der Waals surface area contributed by atoms with Crippen molar-refractivity contribution in [1.82, 2.24) is 14.7 Å². The number of ether oxygens (including phenoxy) is 1. The molecule has 9 nitrogen and oxygen atoms in total. The zero-order valence-electron chi connectivity index (χ0n) is 15.1. The molecule has 0 unspecified atom stereocenters. The van der Waals surface area contributed by atoms with Crippen LogP contribution in [0.2, 0.25) is 0 Å². The van der Waals surface area contributed by atoms with Gasteiger partial charge in [0.05, 0.1) is 17.1 Å². The molecule has 0 atom stereocenters. The Hall–Kier alpha value is -2.72. The number of hydrogen-bond acceptors (Lipinski definition) is 7. The molecule has 146 valence electrons. The summed E-state index contributed by atoms with van der Waals surface area (Å²) in [6, 6.07) is 5.48. The highest BCUT2D eigenvalue weighted by atomic mass is 32.2. The van der Waals surface area contributed by atoms with Gasteiger partial charge >= 0.3 is 5.97 Å². The Morgan fingerprint density at radius 2 is 1.96 bits per heavy atom. The topological polar surface area (TPSA) is 144 Å². The maximum absolute atomic E-state index is 12.3. The molecule has 0 aliphatic heterocycles. The van der Waals surface area contributed by atoms with Crippen molar-refractivity contribution >= 4 is 21.9 Å². The van der Waals surface area contributed by atoms with Crippen LogP contribution in [-0.4, -0.2) is 37.5 Å². The molecule has 4 N–H and O–H groups in total. The van der Waals surface area contributed by atoms with E-state index in [9.17, 15) is 18.0 Å². The van der Waals surface area contributed by atoms with Crippen molar-refractivity contribution in [2.45, 2.75) is 31.6 Å². The number of nitrogen functional groups attached to an aromatic ring is 1. The van der Waals surface area contributed by atoms with Gasteiger partial charge < -0.3 is 10.5 Å². The summed E-state index contributed by atoms with van der Waals surface area (Å²) in [7, 11) is -3.72. The van der Waals surface area contributed by atoms with Crippen molar-refractivity contribution in [2.24, 2.45) is 0 Å².